The lowest BCUT2D eigenvalue weighted by atomic mass is 9.83. The number of hydrogen-bond donors (Lipinski definition) is 1. The zero-order valence-corrected chi connectivity index (χ0v) is 11.9. The van der Waals surface area contributed by atoms with Crippen LogP contribution in [0.25, 0.3) is 0 Å². The molecule has 0 amide bonds. The van der Waals surface area contributed by atoms with Crippen molar-refractivity contribution in [2.75, 3.05) is 26.4 Å². The minimum absolute atomic E-state index is 0.116. The summed E-state index contributed by atoms with van der Waals surface area (Å²) in [5.41, 5.74) is -0.116. The van der Waals surface area contributed by atoms with Crippen molar-refractivity contribution in [1.82, 2.24) is 5.32 Å². The Kier molecular flexibility index (Phi) is 6.45. The van der Waals surface area contributed by atoms with Crippen molar-refractivity contribution >= 4 is 0 Å². The number of ether oxygens (including phenoxy) is 2. The first kappa shape index (κ1) is 14.9. The van der Waals surface area contributed by atoms with Gasteiger partial charge in [0.1, 0.15) is 0 Å². The molecule has 0 radical (unpaired) electrons. The van der Waals surface area contributed by atoms with Crippen LogP contribution in [0.5, 0.6) is 0 Å². The third kappa shape index (κ3) is 4.57. The Bertz CT molecular complexity index is 200. The molecule has 1 aliphatic heterocycles. The van der Waals surface area contributed by atoms with Gasteiger partial charge >= 0.3 is 0 Å². The second kappa shape index (κ2) is 7.34. The summed E-state index contributed by atoms with van der Waals surface area (Å²) in [5.74, 6) is 0.580. The van der Waals surface area contributed by atoms with Crippen LogP contribution in [0.1, 0.15) is 47.0 Å². The van der Waals surface area contributed by atoms with Gasteiger partial charge < -0.3 is 14.8 Å². The lowest BCUT2D eigenvalue weighted by Gasteiger charge is -2.41. The smallest absolute Gasteiger partial charge is 0.0782 e. The van der Waals surface area contributed by atoms with Crippen LogP contribution in [-0.4, -0.2) is 38.0 Å². The average molecular weight is 243 g/mol. The van der Waals surface area contributed by atoms with E-state index in [0.717, 1.165) is 32.8 Å². The third-order valence-electron chi connectivity index (χ3n) is 3.55. The molecular weight excluding hydrogens is 214 g/mol. The van der Waals surface area contributed by atoms with E-state index >= 15 is 0 Å². The van der Waals surface area contributed by atoms with E-state index in [2.05, 4.69) is 33.0 Å². The molecule has 1 fully saturated rings. The first-order valence-electron chi connectivity index (χ1n) is 7.07. The first-order valence-corrected chi connectivity index (χ1v) is 7.07. The molecule has 1 N–H and O–H groups in total. The van der Waals surface area contributed by atoms with Crippen LogP contribution < -0.4 is 5.32 Å². The molecule has 102 valence electrons. The molecule has 0 saturated carbocycles. The molecule has 2 atom stereocenters. The second-order valence-electron chi connectivity index (χ2n) is 5.45. The van der Waals surface area contributed by atoms with Crippen LogP contribution in [0, 0.1) is 5.92 Å². The number of hydrogen-bond acceptors (Lipinski definition) is 3. The zero-order chi connectivity index (χ0) is 12.7. The average Bonchev–Trinajstić information content (AvgIpc) is 2.30. The van der Waals surface area contributed by atoms with Gasteiger partial charge in [-0.05, 0) is 46.6 Å². The van der Waals surface area contributed by atoms with Crippen molar-refractivity contribution in [3.63, 3.8) is 0 Å². The number of nitrogens with one attached hydrogen (secondary N) is 1. The summed E-state index contributed by atoms with van der Waals surface area (Å²) in [6.07, 6.45) is 3.58. The molecule has 3 nitrogen and oxygen atoms in total. The van der Waals surface area contributed by atoms with Gasteiger partial charge in [0.05, 0.1) is 12.2 Å². The van der Waals surface area contributed by atoms with Crippen LogP contribution in [0.2, 0.25) is 0 Å². The van der Waals surface area contributed by atoms with E-state index in [4.69, 9.17) is 9.47 Å². The van der Waals surface area contributed by atoms with Crippen molar-refractivity contribution in [3.05, 3.63) is 0 Å². The normalized spacial score (nSPS) is 23.6. The summed E-state index contributed by atoms with van der Waals surface area (Å²) >= 11 is 0. The lowest BCUT2D eigenvalue weighted by Crippen LogP contribution is -2.55. The first-order chi connectivity index (χ1) is 8.11. The molecule has 3 heteroatoms. The van der Waals surface area contributed by atoms with Crippen molar-refractivity contribution < 1.29 is 9.47 Å². The van der Waals surface area contributed by atoms with Crippen LogP contribution in [0.15, 0.2) is 0 Å². The Balaban J connectivity index is 2.63. The Labute approximate surface area is 106 Å². The molecule has 0 aromatic rings. The Morgan fingerprint density at radius 3 is 2.71 bits per heavy atom. The second-order valence-corrected chi connectivity index (χ2v) is 5.45. The maximum absolute atomic E-state index is 5.92. The van der Waals surface area contributed by atoms with Gasteiger partial charge in [-0.2, -0.15) is 0 Å². The maximum atomic E-state index is 5.92. The molecule has 0 bridgehead atoms. The molecule has 1 rings (SSSR count). The maximum Gasteiger partial charge on any atom is 0.0782 e. The summed E-state index contributed by atoms with van der Waals surface area (Å²) in [7, 11) is 0. The highest BCUT2D eigenvalue weighted by atomic mass is 16.5. The molecule has 17 heavy (non-hydrogen) atoms. The summed E-state index contributed by atoms with van der Waals surface area (Å²) in [5, 5.41) is 3.66. The lowest BCUT2D eigenvalue weighted by molar-refractivity contribution is -0.0742. The quantitative estimate of drug-likeness (QED) is 0.745. The van der Waals surface area contributed by atoms with E-state index < -0.39 is 0 Å². The summed E-state index contributed by atoms with van der Waals surface area (Å²) in [4.78, 5) is 0. The molecule has 2 unspecified atom stereocenters. The van der Waals surface area contributed by atoms with E-state index in [1.807, 2.05) is 0 Å². The van der Waals surface area contributed by atoms with Crippen molar-refractivity contribution in [3.8, 4) is 0 Å². The molecule has 0 aromatic carbocycles. The predicted molar refractivity (Wildman–Crippen MR) is 71.3 cm³/mol. The largest absolute Gasteiger partial charge is 0.381 e. The van der Waals surface area contributed by atoms with Gasteiger partial charge in [-0.25, -0.2) is 0 Å². The molecule has 0 aliphatic carbocycles. The fourth-order valence-electron chi connectivity index (χ4n) is 2.77. The molecule has 1 heterocycles. The Hall–Kier alpha value is -0.120. The molecule has 0 spiro atoms. The van der Waals surface area contributed by atoms with Crippen molar-refractivity contribution in [2.45, 2.75) is 58.6 Å². The summed E-state index contributed by atoms with van der Waals surface area (Å²) < 4.78 is 11.5. The molecular formula is C14H29NO2. The molecule has 1 aliphatic rings. The fraction of sp³-hybridized carbons (Fsp3) is 1.00. The van der Waals surface area contributed by atoms with E-state index in [0.29, 0.717) is 12.0 Å². The van der Waals surface area contributed by atoms with Crippen molar-refractivity contribution in [2.24, 2.45) is 5.92 Å². The van der Waals surface area contributed by atoms with E-state index in [9.17, 15) is 0 Å². The van der Waals surface area contributed by atoms with Crippen LogP contribution in [0.3, 0.4) is 0 Å². The summed E-state index contributed by atoms with van der Waals surface area (Å²) in [6.45, 7) is 12.3. The zero-order valence-electron chi connectivity index (χ0n) is 11.9. The molecule has 0 aromatic heterocycles. The Morgan fingerprint density at radius 2 is 2.18 bits per heavy atom. The highest BCUT2D eigenvalue weighted by Crippen LogP contribution is 2.27. The third-order valence-corrected chi connectivity index (χ3v) is 3.55. The van der Waals surface area contributed by atoms with Gasteiger partial charge in [0.25, 0.3) is 0 Å². The van der Waals surface area contributed by atoms with Crippen LogP contribution >= 0.6 is 0 Å². The van der Waals surface area contributed by atoms with Gasteiger partial charge in [0.15, 0.2) is 0 Å². The Morgan fingerprint density at radius 1 is 1.41 bits per heavy atom. The summed E-state index contributed by atoms with van der Waals surface area (Å²) in [6, 6.07) is 0.391. The van der Waals surface area contributed by atoms with Crippen LogP contribution in [-0.2, 0) is 9.47 Å². The van der Waals surface area contributed by atoms with Gasteiger partial charge in [0.2, 0.25) is 0 Å². The monoisotopic (exact) mass is 243 g/mol. The van der Waals surface area contributed by atoms with Gasteiger partial charge in [-0.3, -0.25) is 0 Å². The van der Waals surface area contributed by atoms with Crippen molar-refractivity contribution in [1.29, 1.82) is 0 Å². The van der Waals surface area contributed by atoms with Gasteiger partial charge in [-0.1, -0.05) is 6.92 Å². The number of rotatable bonds is 7. The predicted octanol–water partition coefficient (Wildman–Crippen LogP) is 2.60. The highest BCUT2D eigenvalue weighted by molar-refractivity contribution is 4.91. The van der Waals surface area contributed by atoms with Gasteiger partial charge in [-0.15, -0.1) is 0 Å². The van der Waals surface area contributed by atoms with E-state index in [1.54, 1.807) is 0 Å². The SMILES string of the molecule is CCCNC(C1CCCOC1)C(C)(C)OCC. The standard InChI is InChI=1S/C14H29NO2/c1-5-9-15-13(14(3,4)17-6-2)12-8-7-10-16-11-12/h12-13,15H,5-11H2,1-4H3. The fourth-order valence-corrected chi connectivity index (χ4v) is 2.77. The minimum Gasteiger partial charge on any atom is -0.381 e. The van der Waals surface area contributed by atoms with Crippen LogP contribution in [0.4, 0.5) is 0 Å². The van der Waals surface area contributed by atoms with E-state index in [-0.39, 0.29) is 5.60 Å². The topological polar surface area (TPSA) is 30.5 Å². The molecule has 1 saturated heterocycles. The highest BCUT2D eigenvalue weighted by Gasteiger charge is 2.36. The van der Waals surface area contributed by atoms with Gasteiger partial charge in [0, 0.05) is 25.2 Å². The minimum atomic E-state index is -0.116. The van der Waals surface area contributed by atoms with E-state index in [1.165, 1.54) is 12.8 Å².